The summed E-state index contributed by atoms with van der Waals surface area (Å²) in [6.45, 7) is 4.02. The van der Waals surface area contributed by atoms with Crippen LogP contribution in [0.1, 0.15) is 18.1 Å². The minimum Gasteiger partial charge on any atom is -0.290 e. The van der Waals surface area contributed by atoms with Crippen molar-refractivity contribution in [1.82, 2.24) is 0 Å². The average Bonchev–Trinajstić information content (AvgIpc) is 2.80. The van der Waals surface area contributed by atoms with Crippen molar-refractivity contribution in [2.45, 2.75) is 13.8 Å². The molecule has 13 heavy (non-hydrogen) atoms. The first-order chi connectivity index (χ1) is 6.18. The first-order valence-corrected chi connectivity index (χ1v) is 4.51. The first-order valence-electron chi connectivity index (χ1n) is 4.51. The molecule has 1 aliphatic rings. The fourth-order valence-electron chi connectivity index (χ4n) is 1.48. The number of aryl methyl sites for hydroxylation is 1. The zero-order valence-electron chi connectivity index (χ0n) is 7.87. The number of hydrogen-bond donors (Lipinski definition) is 0. The van der Waals surface area contributed by atoms with Crippen molar-refractivity contribution in [1.29, 1.82) is 0 Å². The van der Waals surface area contributed by atoms with Gasteiger partial charge in [-0.1, -0.05) is 25.1 Å². The van der Waals surface area contributed by atoms with Crippen LogP contribution in [0.3, 0.4) is 0 Å². The van der Waals surface area contributed by atoms with Crippen LogP contribution in [-0.2, 0) is 0 Å². The van der Waals surface area contributed by atoms with Gasteiger partial charge in [0, 0.05) is 0 Å². The third kappa shape index (κ3) is 1.55. The maximum Gasteiger partial charge on any atom is 0.181 e. The Balaban J connectivity index is 2.51. The Morgan fingerprint density at radius 2 is 2.00 bits per heavy atom. The van der Waals surface area contributed by atoms with Gasteiger partial charge in [-0.2, -0.15) is 0 Å². The molecule has 1 aromatic rings. The Labute approximate surface area is 77.7 Å². The third-order valence-electron chi connectivity index (χ3n) is 2.43. The summed E-state index contributed by atoms with van der Waals surface area (Å²) < 4.78 is 0. The average molecular weight is 172 g/mol. The molecule has 1 aromatic carbocycles. The van der Waals surface area contributed by atoms with E-state index in [1.165, 1.54) is 11.1 Å². The minimum atomic E-state index is 0.111. The van der Waals surface area contributed by atoms with Gasteiger partial charge in [-0.15, -0.1) is 0 Å². The molecule has 1 heteroatoms. The van der Waals surface area contributed by atoms with E-state index in [1.54, 1.807) is 6.07 Å². The predicted octanol–water partition coefficient (Wildman–Crippen LogP) is 2.39. The van der Waals surface area contributed by atoms with Gasteiger partial charge in [0.15, 0.2) is 5.43 Å². The molecule has 0 radical (unpaired) electrons. The predicted molar refractivity (Wildman–Crippen MR) is 54.6 cm³/mol. The molecule has 1 aliphatic carbocycles. The standard InChI is InChI=1S/C12H12O/c1-8-7-11(8)10-4-3-5-12(13)9(2)6-10/h3-8H,1-2H3/t8-/m0/s1. The van der Waals surface area contributed by atoms with Gasteiger partial charge < -0.3 is 0 Å². The molecule has 0 unspecified atom stereocenters. The van der Waals surface area contributed by atoms with Gasteiger partial charge in [0.2, 0.25) is 0 Å². The van der Waals surface area contributed by atoms with Crippen LogP contribution in [0.15, 0.2) is 35.1 Å². The lowest BCUT2D eigenvalue weighted by atomic mass is 10.1. The summed E-state index contributed by atoms with van der Waals surface area (Å²) in [5.74, 6) is 0.594. The van der Waals surface area contributed by atoms with Crippen LogP contribution in [0.5, 0.6) is 0 Å². The van der Waals surface area contributed by atoms with E-state index in [1.807, 2.05) is 25.1 Å². The largest absolute Gasteiger partial charge is 0.290 e. The van der Waals surface area contributed by atoms with Gasteiger partial charge in [-0.3, -0.25) is 4.79 Å². The number of rotatable bonds is 1. The second kappa shape index (κ2) is 2.84. The lowest BCUT2D eigenvalue weighted by Crippen LogP contribution is -1.97. The smallest absolute Gasteiger partial charge is 0.181 e. The molecular weight excluding hydrogens is 160 g/mol. The van der Waals surface area contributed by atoms with E-state index in [0.29, 0.717) is 5.92 Å². The van der Waals surface area contributed by atoms with Crippen LogP contribution < -0.4 is 5.43 Å². The zero-order valence-corrected chi connectivity index (χ0v) is 7.87. The molecule has 0 saturated carbocycles. The highest BCUT2D eigenvalue weighted by Crippen LogP contribution is 2.37. The second-order valence-electron chi connectivity index (χ2n) is 3.58. The summed E-state index contributed by atoms with van der Waals surface area (Å²) in [4.78, 5) is 11.3. The molecule has 1 nitrogen and oxygen atoms in total. The van der Waals surface area contributed by atoms with Crippen molar-refractivity contribution in [2.75, 3.05) is 0 Å². The van der Waals surface area contributed by atoms with Crippen molar-refractivity contribution in [3.8, 4) is 0 Å². The second-order valence-corrected chi connectivity index (χ2v) is 3.58. The summed E-state index contributed by atoms with van der Waals surface area (Å²) >= 11 is 0. The van der Waals surface area contributed by atoms with E-state index in [-0.39, 0.29) is 5.43 Å². The summed E-state index contributed by atoms with van der Waals surface area (Å²) in [5.41, 5.74) is 3.48. The summed E-state index contributed by atoms with van der Waals surface area (Å²) in [6.07, 6.45) is 2.21. The van der Waals surface area contributed by atoms with E-state index in [4.69, 9.17) is 0 Å². The fourth-order valence-corrected chi connectivity index (χ4v) is 1.48. The molecule has 0 spiro atoms. The molecule has 0 aromatic heterocycles. The molecule has 0 aliphatic heterocycles. The Morgan fingerprint density at radius 1 is 1.31 bits per heavy atom. The molecule has 0 bridgehead atoms. The Hall–Kier alpha value is -1.37. The van der Waals surface area contributed by atoms with Crippen molar-refractivity contribution in [2.24, 2.45) is 5.92 Å². The maximum atomic E-state index is 11.3. The molecule has 2 rings (SSSR count). The van der Waals surface area contributed by atoms with E-state index in [2.05, 4.69) is 13.0 Å². The summed E-state index contributed by atoms with van der Waals surface area (Å²) in [7, 11) is 0. The lowest BCUT2D eigenvalue weighted by Gasteiger charge is -1.91. The molecule has 0 fully saturated rings. The SMILES string of the molecule is Cc1cc(C2=C[C@@H]2C)cccc1=O. The Bertz CT molecular complexity index is 429. The Kier molecular flexibility index (Phi) is 1.80. The van der Waals surface area contributed by atoms with Crippen LogP contribution in [0, 0.1) is 12.8 Å². The number of allylic oxidation sites excluding steroid dienone is 2. The monoisotopic (exact) mass is 172 g/mol. The van der Waals surface area contributed by atoms with Gasteiger partial charge in [-0.25, -0.2) is 0 Å². The highest BCUT2D eigenvalue weighted by atomic mass is 16.1. The molecule has 0 heterocycles. The molecule has 66 valence electrons. The topological polar surface area (TPSA) is 17.1 Å². The quantitative estimate of drug-likeness (QED) is 0.635. The minimum absolute atomic E-state index is 0.111. The van der Waals surface area contributed by atoms with Crippen LogP contribution in [-0.4, -0.2) is 0 Å². The molecular formula is C12H12O. The molecule has 1 atom stereocenters. The van der Waals surface area contributed by atoms with Crippen LogP contribution in [0.25, 0.3) is 5.57 Å². The highest BCUT2D eigenvalue weighted by Gasteiger charge is 2.20. The van der Waals surface area contributed by atoms with Gasteiger partial charge in [0.05, 0.1) is 0 Å². The molecule has 0 amide bonds. The van der Waals surface area contributed by atoms with Gasteiger partial charge >= 0.3 is 0 Å². The third-order valence-corrected chi connectivity index (χ3v) is 2.43. The van der Waals surface area contributed by atoms with Gasteiger partial charge in [0.25, 0.3) is 0 Å². The van der Waals surface area contributed by atoms with Crippen LogP contribution >= 0.6 is 0 Å². The highest BCUT2D eigenvalue weighted by molar-refractivity contribution is 5.79. The van der Waals surface area contributed by atoms with E-state index >= 15 is 0 Å². The number of hydrogen-bond acceptors (Lipinski definition) is 1. The van der Waals surface area contributed by atoms with E-state index < -0.39 is 0 Å². The Morgan fingerprint density at radius 3 is 2.62 bits per heavy atom. The van der Waals surface area contributed by atoms with E-state index in [0.717, 1.165) is 5.56 Å². The first kappa shape index (κ1) is 8.24. The van der Waals surface area contributed by atoms with Gasteiger partial charge in [0.1, 0.15) is 0 Å². The maximum absolute atomic E-state index is 11.3. The lowest BCUT2D eigenvalue weighted by molar-refractivity contribution is 1.10. The van der Waals surface area contributed by atoms with E-state index in [9.17, 15) is 4.79 Å². The van der Waals surface area contributed by atoms with Gasteiger partial charge in [-0.05, 0) is 41.7 Å². The van der Waals surface area contributed by atoms with Crippen molar-refractivity contribution in [3.63, 3.8) is 0 Å². The molecule has 0 N–H and O–H groups in total. The van der Waals surface area contributed by atoms with Crippen molar-refractivity contribution in [3.05, 3.63) is 51.7 Å². The van der Waals surface area contributed by atoms with Crippen molar-refractivity contribution >= 4 is 5.57 Å². The summed E-state index contributed by atoms with van der Waals surface area (Å²) in [6, 6.07) is 7.42. The fraction of sp³-hybridized carbons (Fsp3) is 0.250. The van der Waals surface area contributed by atoms with Crippen LogP contribution in [0.4, 0.5) is 0 Å². The van der Waals surface area contributed by atoms with Crippen LogP contribution in [0.2, 0.25) is 0 Å². The van der Waals surface area contributed by atoms with Crippen molar-refractivity contribution < 1.29 is 0 Å². The summed E-state index contributed by atoms with van der Waals surface area (Å²) in [5, 5.41) is 0. The zero-order chi connectivity index (χ0) is 9.42. The normalized spacial score (nSPS) is 19.5. The molecule has 0 saturated heterocycles.